The fraction of sp³-hybridized carbons (Fsp3) is 0.240. The maximum absolute atomic E-state index is 12.9. The largest absolute Gasteiger partial charge is 0.344 e. The maximum atomic E-state index is 12.9. The van der Waals surface area contributed by atoms with E-state index >= 15 is 0 Å². The van der Waals surface area contributed by atoms with Crippen molar-refractivity contribution in [3.05, 3.63) is 83.4 Å². The maximum Gasteiger partial charge on any atom is 0.164 e. The van der Waals surface area contributed by atoms with Crippen molar-refractivity contribution in [3.8, 4) is 0 Å². The average Bonchev–Trinajstić information content (AvgIpc) is 3.04. The van der Waals surface area contributed by atoms with Gasteiger partial charge in [-0.05, 0) is 29.7 Å². The molecule has 0 saturated carbocycles. The number of aromatic nitrogens is 1. The van der Waals surface area contributed by atoms with E-state index in [0.717, 1.165) is 37.1 Å². The van der Waals surface area contributed by atoms with Gasteiger partial charge >= 0.3 is 0 Å². The molecule has 3 nitrogen and oxygen atoms in total. The lowest BCUT2D eigenvalue weighted by molar-refractivity contribution is 0.0961. The van der Waals surface area contributed by atoms with E-state index in [1.54, 1.807) is 0 Å². The van der Waals surface area contributed by atoms with Gasteiger partial charge in [0, 0.05) is 60.5 Å². The molecular weight excluding hydrogens is 344 g/mol. The summed E-state index contributed by atoms with van der Waals surface area (Å²) in [6.07, 6.45) is 1.64. The highest BCUT2D eigenvalue weighted by Crippen LogP contribution is 2.29. The number of para-hydroxylation sites is 1. The standard InChI is InChI=1S/C25H24N2O/c1-26-23-9-5-4-8-21(23)22-11-10-19(16-24(22)26)25(28)13-15-27-14-12-18-6-2-3-7-20(18)17-27/h2-11,16H,12-15,17H2,1H3. The number of carbonyl (C=O) groups excluding carboxylic acids is 1. The molecule has 0 atom stereocenters. The van der Waals surface area contributed by atoms with E-state index in [9.17, 15) is 4.79 Å². The first-order valence-electron chi connectivity index (χ1n) is 10.0. The Morgan fingerprint density at radius 3 is 2.54 bits per heavy atom. The quantitative estimate of drug-likeness (QED) is 0.476. The van der Waals surface area contributed by atoms with Gasteiger partial charge in [0.05, 0.1) is 0 Å². The third-order valence-corrected chi connectivity index (χ3v) is 6.10. The highest BCUT2D eigenvalue weighted by atomic mass is 16.1. The van der Waals surface area contributed by atoms with Crippen LogP contribution in [-0.2, 0) is 20.0 Å². The molecule has 3 heteroatoms. The van der Waals surface area contributed by atoms with Gasteiger partial charge in [0.2, 0.25) is 0 Å². The lowest BCUT2D eigenvalue weighted by Crippen LogP contribution is -2.32. The van der Waals surface area contributed by atoms with Crippen molar-refractivity contribution in [1.82, 2.24) is 9.47 Å². The molecular formula is C25H24N2O. The number of aryl methyl sites for hydroxylation is 1. The molecule has 4 aromatic rings. The first-order chi connectivity index (χ1) is 13.7. The van der Waals surface area contributed by atoms with E-state index in [4.69, 9.17) is 0 Å². The SMILES string of the molecule is Cn1c2ccccc2c2ccc(C(=O)CCN3CCc4ccccc4C3)cc21. The second-order valence-corrected chi connectivity index (χ2v) is 7.78. The Kier molecular flexibility index (Phi) is 4.25. The Balaban J connectivity index is 1.34. The number of hydrogen-bond donors (Lipinski definition) is 0. The third kappa shape index (κ3) is 2.92. The fourth-order valence-electron chi connectivity index (χ4n) is 4.48. The molecule has 0 unspecified atom stereocenters. The van der Waals surface area contributed by atoms with Gasteiger partial charge in [0.1, 0.15) is 0 Å². The number of fused-ring (bicyclic) bond motifs is 4. The van der Waals surface area contributed by atoms with Crippen molar-refractivity contribution in [1.29, 1.82) is 0 Å². The zero-order valence-corrected chi connectivity index (χ0v) is 16.2. The van der Waals surface area contributed by atoms with Crippen LogP contribution in [0.4, 0.5) is 0 Å². The summed E-state index contributed by atoms with van der Waals surface area (Å²) in [4.78, 5) is 15.3. The molecule has 28 heavy (non-hydrogen) atoms. The molecule has 2 heterocycles. The van der Waals surface area contributed by atoms with Crippen LogP contribution in [0.15, 0.2) is 66.7 Å². The minimum atomic E-state index is 0.228. The molecule has 0 radical (unpaired) electrons. The molecule has 1 aliphatic heterocycles. The van der Waals surface area contributed by atoms with Gasteiger partial charge in [-0.25, -0.2) is 0 Å². The third-order valence-electron chi connectivity index (χ3n) is 6.10. The van der Waals surface area contributed by atoms with Gasteiger partial charge in [-0.2, -0.15) is 0 Å². The van der Waals surface area contributed by atoms with E-state index < -0.39 is 0 Å². The predicted molar refractivity (Wildman–Crippen MR) is 115 cm³/mol. The van der Waals surface area contributed by atoms with Crippen molar-refractivity contribution < 1.29 is 4.79 Å². The topological polar surface area (TPSA) is 25.2 Å². The van der Waals surface area contributed by atoms with Gasteiger partial charge in [-0.3, -0.25) is 9.69 Å². The molecule has 5 rings (SSSR count). The highest BCUT2D eigenvalue weighted by molar-refractivity contribution is 6.10. The molecule has 0 saturated heterocycles. The molecule has 140 valence electrons. The van der Waals surface area contributed by atoms with Gasteiger partial charge in [-0.15, -0.1) is 0 Å². The normalized spacial score (nSPS) is 14.5. The van der Waals surface area contributed by atoms with Crippen LogP contribution in [-0.4, -0.2) is 28.3 Å². The van der Waals surface area contributed by atoms with Gasteiger partial charge in [0.15, 0.2) is 5.78 Å². The molecule has 0 spiro atoms. The van der Waals surface area contributed by atoms with Crippen LogP contribution in [0.1, 0.15) is 27.9 Å². The minimum absolute atomic E-state index is 0.228. The number of hydrogen-bond acceptors (Lipinski definition) is 2. The smallest absolute Gasteiger partial charge is 0.164 e. The van der Waals surface area contributed by atoms with Crippen LogP contribution < -0.4 is 0 Å². The second-order valence-electron chi connectivity index (χ2n) is 7.78. The van der Waals surface area contributed by atoms with Crippen molar-refractivity contribution in [2.24, 2.45) is 7.05 Å². The van der Waals surface area contributed by atoms with Crippen LogP contribution in [0.25, 0.3) is 21.8 Å². The highest BCUT2D eigenvalue weighted by Gasteiger charge is 2.17. The van der Waals surface area contributed by atoms with Crippen molar-refractivity contribution in [2.45, 2.75) is 19.4 Å². The van der Waals surface area contributed by atoms with Gasteiger partial charge < -0.3 is 4.57 Å². The first kappa shape index (κ1) is 17.2. The first-order valence-corrected chi connectivity index (χ1v) is 10.0. The number of nitrogens with zero attached hydrogens (tertiary/aromatic N) is 2. The van der Waals surface area contributed by atoms with E-state index in [1.807, 2.05) is 6.07 Å². The van der Waals surface area contributed by atoms with Crippen LogP contribution >= 0.6 is 0 Å². The summed E-state index contributed by atoms with van der Waals surface area (Å²) in [5, 5.41) is 2.45. The van der Waals surface area contributed by atoms with Crippen molar-refractivity contribution >= 4 is 27.6 Å². The van der Waals surface area contributed by atoms with Crippen LogP contribution in [0.2, 0.25) is 0 Å². The zero-order valence-electron chi connectivity index (χ0n) is 16.2. The number of Topliss-reactive ketones (excluding diaryl/α,β-unsaturated/α-hetero) is 1. The van der Waals surface area contributed by atoms with E-state index in [0.29, 0.717) is 6.42 Å². The van der Waals surface area contributed by atoms with Crippen LogP contribution in [0.5, 0.6) is 0 Å². The molecule has 0 N–H and O–H groups in total. The number of benzene rings is 3. The zero-order chi connectivity index (χ0) is 19.1. The lowest BCUT2D eigenvalue weighted by Gasteiger charge is -2.28. The van der Waals surface area contributed by atoms with Gasteiger partial charge in [-0.1, -0.05) is 54.6 Å². The van der Waals surface area contributed by atoms with E-state index in [2.05, 4.69) is 77.2 Å². The van der Waals surface area contributed by atoms with Crippen LogP contribution in [0, 0.1) is 0 Å². The number of carbonyl (C=O) groups is 1. The number of rotatable bonds is 4. The molecule has 3 aromatic carbocycles. The summed E-state index contributed by atoms with van der Waals surface area (Å²) < 4.78 is 2.18. The lowest BCUT2D eigenvalue weighted by atomic mass is 9.99. The van der Waals surface area contributed by atoms with Crippen molar-refractivity contribution in [3.63, 3.8) is 0 Å². The summed E-state index contributed by atoms with van der Waals surface area (Å²) in [5.41, 5.74) is 5.99. The summed E-state index contributed by atoms with van der Waals surface area (Å²) in [6, 6.07) is 23.2. The second kappa shape index (κ2) is 6.92. The average molecular weight is 368 g/mol. The Labute approximate surface area is 165 Å². The summed E-state index contributed by atoms with van der Waals surface area (Å²) in [7, 11) is 2.07. The molecule has 0 aliphatic carbocycles. The number of ketones is 1. The summed E-state index contributed by atoms with van der Waals surface area (Å²) in [6.45, 7) is 2.80. The molecule has 0 fully saturated rings. The Hall–Kier alpha value is -2.91. The summed E-state index contributed by atoms with van der Waals surface area (Å²) >= 11 is 0. The molecule has 0 amide bonds. The van der Waals surface area contributed by atoms with Crippen molar-refractivity contribution in [2.75, 3.05) is 13.1 Å². The molecule has 1 aliphatic rings. The Morgan fingerprint density at radius 1 is 0.893 bits per heavy atom. The molecule has 1 aromatic heterocycles. The Morgan fingerprint density at radius 2 is 1.64 bits per heavy atom. The summed E-state index contributed by atoms with van der Waals surface area (Å²) in [5.74, 6) is 0.228. The minimum Gasteiger partial charge on any atom is -0.344 e. The van der Waals surface area contributed by atoms with Gasteiger partial charge in [0.25, 0.3) is 0 Å². The fourth-order valence-corrected chi connectivity index (χ4v) is 4.48. The monoisotopic (exact) mass is 368 g/mol. The molecule has 0 bridgehead atoms. The Bertz CT molecular complexity index is 1190. The van der Waals surface area contributed by atoms with E-state index in [1.165, 1.54) is 27.4 Å². The van der Waals surface area contributed by atoms with E-state index in [-0.39, 0.29) is 5.78 Å². The van der Waals surface area contributed by atoms with Crippen LogP contribution in [0.3, 0.4) is 0 Å². The predicted octanol–water partition coefficient (Wildman–Crippen LogP) is 4.96.